The van der Waals surface area contributed by atoms with Gasteiger partial charge in [-0.25, -0.2) is 0 Å². The van der Waals surface area contributed by atoms with Crippen molar-refractivity contribution >= 4 is 18.1 Å². The number of Topliss-reactive ketones (excluding diaryl/α,β-unsaturated/α-hetero) is 1. The summed E-state index contributed by atoms with van der Waals surface area (Å²) < 4.78 is 5.17. The van der Waals surface area contributed by atoms with E-state index in [9.17, 15) is 14.4 Å². The predicted octanol–water partition coefficient (Wildman–Crippen LogP) is -0.182. The molecule has 0 spiro atoms. The van der Waals surface area contributed by atoms with Crippen molar-refractivity contribution in [2.75, 3.05) is 13.2 Å². The molecule has 1 aromatic rings. The number of benzene rings is 1. The molecule has 1 aromatic carbocycles. The minimum atomic E-state index is -0.801. The molecule has 0 saturated carbocycles. The van der Waals surface area contributed by atoms with Crippen LogP contribution in [0.1, 0.15) is 12.5 Å². The van der Waals surface area contributed by atoms with Crippen molar-refractivity contribution in [1.29, 1.82) is 0 Å². The SMILES string of the molecule is C[C@]1(C(=O)[C@H](Cc2ccccc2)NC(=O)CNC=O)CO1. The Morgan fingerprint density at radius 1 is 1.38 bits per heavy atom. The molecule has 2 amide bonds. The minimum Gasteiger partial charge on any atom is -0.361 e. The third-order valence-electron chi connectivity index (χ3n) is 3.38. The van der Waals surface area contributed by atoms with Crippen LogP contribution in [-0.2, 0) is 25.5 Å². The van der Waals surface area contributed by atoms with E-state index in [0.717, 1.165) is 5.56 Å². The first-order valence-corrected chi connectivity index (χ1v) is 6.74. The van der Waals surface area contributed by atoms with E-state index < -0.39 is 17.6 Å². The first-order chi connectivity index (χ1) is 10.0. The maximum atomic E-state index is 12.4. The summed E-state index contributed by atoms with van der Waals surface area (Å²) in [6.45, 7) is 1.93. The summed E-state index contributed by atoms with van der Waals surface area (Å²) in [6.07, 6.45) is 0.838. The number of ketones is 1. The normalized spacial score (nSPS) is 21.2. The fourth-order valence-corrected chi connectivity index (χ4v) is 2.06. The van der Waals surface area contributed by atoms with Crippen LogP contribution in [0.4, 0.5) is 0 Å². The van der Waals surface area contributed by atoms with E-state index in [1.807, 2.05) is 30.3 Å². The van der Waals surface area contributed by atoms with Crippen LogP contribution in [0, 0.1) is 0 Å². The van der Waals surface area contributed by atoms with Gasteiger partial charge in [0.1, 0.15) is 5.60 Å². The second-order valence-electron chi connectivity index (χ2n) is 5.19. The lowest BCUT2D eigenvalue weighted by Crippen LogP contribution is -2.49. The molecule has 0 aliphatic carbocycles. The molecule has 112 valence electrons. The lowest BCUT2D eigenvalue weighted by molar-refractivity contribution is -0.130. The highest BCUT2D eigenvalue weighted by molar-refractivity contribution is 5.97. The molecule has 2 rings (SSSR count). The van der Waals surface area contributed by atoms with Gasteiger partial charge < -0.3 is 15.4 Å². The molecule has 1 heterocycles. The Kier molecular flexibility index (Phi) is 4.70. The average molecular weight is 290 g/mol. The third-order valence-corrected chi connectivity index (χ3v) is 3.38. The van der Waals surface area contributed by atoms with Crippen LogP contribution in [0.15, 0.2) is 30.3 Å². The van der Waals surface area contributed by atoms with Crippen LogP contribution in [0.2, 0.25) is 0 Å². The number of hydrogen-bond acceptors (Lipinski definition) is 4. The molecule has 6 heteroatoms. The standard InChI is InChI=1S/C15H18N2O4/c1-15(9-21-15)14(20)12(17-13(19)8-16-10-18)7-11-5-3-2-4-6-11/h2-6,10,12H,7-9H2,1H3,(H,16,18)(H,17,19)/t12-,15+/m0/s1. The highest BCUT2D eigenvalue weighted by atomic mass is 16.6. The lowest BCUT2D eigenvalue weighted by atomic mass is 9.95. The number of nitrogens with one attached hydrogen (secondary N) is 2. The van der Waals surface area contributed by atoms with Gasteiger partial charge in [-0.2, -0.15) is 0 Å². The van der Waals surface area contributed by atoms with Gasteiger partial charge in [0.05, 0.1) is 19.2 Å². The van der Waals surface area contributed by atoms with E-state index in [4.69, 9.17) is 4.74 Å². The van der Waals surface area contributed by atoms with Crippen LogP contribution in [0.25, 0.3) is 0 Å². The topological polar surface area (TPSA) is 87.8 Å². The summed E-state index contributed by atoms with van der Waals surface area (Å²) in [5.74, 6) is -0.550. The van der Waals surface area contributed by atoms with Gasteiger partial charge >= 0.3 is 0 Å². The fraction of sp³-hybridized carbons (Fsp3) is 0.400. The molecule has 0 bridgehead atoms. The van der Waals surface area contributed by atoms with E-state index in [1.54, 1.807) is 6.92 Å². The van der Waals surface area contributed by atoms with E-state index >= 15 is 0 Å². The van der Waals surface area contributed by atoms with Crippen molar-refractivity contribution in [3.05, 3.63) is 35.9 Å². The molecule has 1 aliphatic rings. The number of hydrogen-bond donors (Lipinski definition) is 2. The van der Waals surface area contributed by atoms with E-state index in [-0.39, 0.29) is 12.3 Å². The second kappa shape index (κ2) is 6.49. The van der Waals surface area contributed by atoms with E-state index in [1.165, 1.54) is 0 Å². The first-order valence-electron chi connectivity index (χ1n) is 6.74. The number of rotatable bonds is 8. The smallest absolute Gasteiger partial charge is 0.239 e. The fourth-order valence-electron chi connectivity index (χ4n) is 2.06. The Morgan fingerprint density at radius 3 is 2.62 bits per heavy atom. The minimum absolute atomic E-state index is 0.147. The van der Waals surface area contributed by atoms with Gasteiger partial charge in [-0.3, -0.25) is 14.4 Å². The van der Waals surface area contributed by atoms with Crippen LogP contribution in [0.3, 0.4) is 0 Å². The number of epoxide rings is 1. The van der Waals surface area contributed by atoms with Crippen molar-refractivity contribution in [3.63, 3.8) is 0 Å². The lowest BCUT2D eigenvalue weighted by Gasteiger charge is -2.19. The number of ether oxygens (including phenoxy) is 1. The number of carbonyl (C=O) groups excluding carboxylic acids is 3. The summed E-state index contributed by atoms with van der Waals surface area (Å²) in [7, 11) is 0. The van der Waals surface area contributed by atoms with Gasteiger partial charge in [0, 0.05) is 0 Å². The van der Waals surface area contributed by atoms with E-state index in [0.29, 0.717) is 19.4 Å². The molecule has 1 saturated heterocycles. The average Bonchev–Trinajstić information content (AvgIpc) is 3.24. The Labute approximate surface area is 122 Å². The molecule has 2 N–H and O–H groups in total. The van der Waals surface area contributed by atoms with Crippen LogP contribution in [0.5, 0.6) is 0 Å². The summed E-state index contributed by atoms with van der Waals surface area (Å²) >= 11 is 0. The Hall–Kier alpha value is -2.21. The molecule has 6 nitrogen and oxygen atoms in total. The van der Waals surface area contributed by atoms with Gasteiger partial charge in [-0.05, 0) is 18.9 Å². The van der Waals surface area contributed by atoms with Crippen molar-refractivity contribution in [2.45, 2.75) is 25.0 Å². The van der Waals surface area contributed by atoms with Crippen molar-refractivity contribution in [3.8, 4) is 0 Å². The van der Waals surface area contributed by atoms with Crippen molar-refractivity contribution in [2.24, 2.45) is 0 Å². The molecule has 0 radical (unpaired) electrons. The highest BCUT2D eigenvalue weighted by Gasteiger charge is 2.49. The Balaban J connectivity index is 2.05. The summed E-state index contributed by atoms with van der Waals surface area (Å²) in [4.78, 5) is 34.4. The zero-order valence-electron chi connectivity index (χ0n) is 11.8. The van der Waals surface area contributed by atoms with Gasteiger partial charge in [-0.15, -0.1) is 0 Å². The molecular weight excluding hydrogens is 272 g/mol. The predicted molar refractivity (Wildman–Crippen MR) is 75.5 cm³/mol. The molecule has 1 aliphatic heterocycles. The monoisotopic (exact) mass is 290 g/mol. The van der Waals surface area contributed by atoms with E-state index in [2.05, 4.69) is 10.6 Å². The first kappa shape index (κ1) is 15.2. The largest absolute Gasteiger partial charge is 0.361 e. The van der Waals surface area contributed by atoms with Gasteiger partial charge in [0.15, 0.2) is 5.78 Å². The zero-order chi connectivity index (χ0) is 15.3. The third kappa shape index (κ3) is 4.13. The maximum Gasteiger partial charge on any atom is 0.239 e. The van der Waals surface area contributed by atoms with Crippen LogP contribution >= 0.6 is 0 Å². The summed E-state index contributed by atoms with van der Waals surface area (Å²) in [5, 5.41) is 4.93. The van der Waals surface area contributed by atoms with Crippen LogP contribution < -0.4 is 10.6 Å². The molecule has 0 aromatic heterocycles. The number of carbonyl (C=O) groups is 3. The maximum absolute atomic E-state index is 12.4. The van der Waals surface area contributed by atoms with Gasteiger partial charge in [0.2, 0.25) is 12.3 Å². The summed E-state index contributed by atoms with van der Waals surface area (Å²) in [6, 6.07) is 8.77. The quantitative estimate of drug-likeness (QED) is 0.513. The number of amides is 2. The molecule has 1 fully saturated rings. The van der Waals surface area contributed by atoms with Gasteiger partial charge in [0.25, 0.3) is 0 Å². The Morgan fingerprint density at radius 2 is 2.05 bits per heavy atom. The van der Waals surface area contributed by atoms with Crippen molar-refractivity contribution < 1.29 is 19.1 Å². The van der Waals surface area contributed by atoms with Crippen molar-refractivity contribution in [1.82, 2.24) is 10.6 Å². The molecule has 21 heavy (non-hydrogen) atoms. The van der Waals surface area contributed by atoms with Gasteiger partial charge in [-0.1, -0.05) is 30.3 Å². The zero-order valence-corrected chi connectivity index (χ0v) is 11.8. The molecule has 2 atom stereocenters. The second-order valence-corrected chi connectivity index (χ2v) is 5.19. The molecule has 0 unspecified atom stereocenters. The summed E-state index contributed by atoms with van der Waals surface area (Å²) in [5.41, 5.74) is 0.147. The van der Waals surface area contributed by atoms with Crippen LogP contribution in [-0.4, -0.2) is 42.9 Å². The molecular formula is C15H18N2O4. The Bertz CT molecular complexity index is 526. The highest BCUT2D eigenvalue weighted by Crippen LogP contribution is 2.29.